The van der Waals surface area contributed by atoms with E-state index in [1.165, 1.54) is 22.4 Å². The summed E-state index contributed by atoms with van der Waals surface area (Å²) in [6.45, 7) is 4.95. The van der Waals surface area contributed by atoms with Crippen molar-refractivity contribution < 1.29 is 4.74 Å². The van der Waals surface area contributed by atoms with Gasteiger partial charge in [-0.25, -0.2) is 0 Å². The number of hydrogen-bond acceptors (Lipinski definition) is 2. The van der Waals surface area contributed by atoms with Crippen LogP contribution in [0.5, 0.6) is 5.75 Å². The van der Waals surface area contributed by atoms with Crippen LogP contribution in [0.25, 0.3) is 0 Å². The summed E-state index contributed by atoms with van der Waals surface area (Å²) in [6, 6.07) is 18.5. The maximum absolute atomic E-state index is 5.83. The van der Waals surface area contributed by atoms with Crippen LogP contribution in [0.15, 0.2) is 60.8 Å². The van der Waals surface area contributed by atoms with Crippen molar-refractivity contribution in [3.8, 4) is 5.75 Å². The van der Waals surface area contributed by atoms with Gasteiger partial charge in [-0.1, -0.05) is 56.3 Å². The van der Waals surface area contributed by atoms with Crippen LogP contribution in [-0.4, -0.2) is 10.2 Å². The second kappa shape index (κ2) is 7.14. The fourth-order valence-electron chi connectivity index (χ4n) is 2.63. The minimum Gasteiger partial charge on any atom is -0.489 e. The summed E-state index contributed by atoms with van der Waals surface area (Å²) in [5.41, 5.74) is 4.92. The normalized spacial score (nSPS) is 10.9. The maximum atomic E-state index is 5.83. The lowest BCUT2D eigenvalue weighted by Crippen LogP contribution is -1.97. The van der Waals surface area contributed by atoms with Gasteiger partial charge in [-0.2, -0.15) is 5.10 Å². The maximum Gasteiger partial charge on any atom is 0.119 e. The molecular weight excluding hydrogens is 284 g/mol. The number of aromatic nitrogens is 2. The van der Waals surface area contributed by atoms with Crippen molar-refractivity contribution in [3.63, 3.8) is 0 Å². The van der Waals surface area contributed by atoms with Crippen molar-refractivity contribution in [1.29, 1.82) is 0 Å². The first-order chi connectivity index (χ1) is 11.2. The fraction of sp³-hybridized carbons (Fsp3) is 0.250. The van der Waals surface area contributed by atoms with Crippen molar-refractivity contribution in [1.82, 2.24) is 10.2 Å². The molecule has 0 aliphatic rings. The highest BCUT2D eigenvalue weighted by Crippen LogP contribution is 2.21. The van der Waals surface area contributed by atoms with Crippen LogP contribution in [0.4, 0.5) is 0 Å². The first-order valence-corrected chi connectivity index (χ1v) is 8.00. The molecule has 0 fully saturated rings. The molecule has 1 N–H and O–H groups in total. The molecule has 23 heavy (non-hydrogen) atoms. The van der Waals surface area contributed by atoms with E-state index < -0.39 is 0 Å². The Hall–Kier alpha value is -2.55. The van der Waals surface area contributed by atoms with Gasteiger partial charge in [-0.05, 0) is 34.7 Å². The zero-order valence-corrected chi connectivity index (χ0v) is 13.6. The molecule has 3 heteroatoms. The molecule has 0 saturated carbocycles. The van der Waals surface area contributed by atoms with Gasteiger partial charge in [0.1, 0.15) is 12.4 Å². The second-order valence-electron chi connectivity index (χ2n) is 6.06. The number of nitrogens with one attached hydrogen (secondary N) is 1. The number of nitrogens with zero attached hydrogens (tertiary/aromatic N) is 1. The molecule has 0 unspecified atom stereocenters. The minimum atomic E-state index is 0.459. The van der Waals surface area contributed by atoms with Crippen LogP contribution in [0, 0.1) is 0 Å². The number of aromatic amines is 1. The molecule has 0 amide bonds. The summed E-state index contributed by atoms with van der Waals surface area (Å²) in [5.74, 6) is 1.36. The largest absolute Gasteiger partial charge is 0.489 e. The summed E-state index contributed by atoms with van der Waals surface area (Å²) in [4.78, 5) is 0. The van der Waals surface area contributed by atoms with Gasteiger partial charge < -0.3 is 4.74 Å². The number of rotatable bonds is 6. The fourth-order valence-corrected chi connectivity index (χ4v) is 2.63. The van der Waals surface area contributed by atoms with E-state index in [0.717, 1.165) is 12.2 Å². The smallest absolute Gasteiger partial charge is 0.119 e. The molecule has 0 radical (unpaired) electrons. The van der Waals surface area contributed by atoms with Gasteiger partial charge in [-0.15, -0.1) is 0 Å². The third-order valence-corrected chi connectivity index (χ3v) is 3.89. The average molecular weight is 306 g/mol. The van der Waals surface area contributed by atoms with Gasteiger partial charge in [0.15, 0.2) is 0 Å². The summed E-state index contributed by atoms with van der Waals surface area (Å²) in [5, 5.41) is 7.27. The van der Waals surface area contributed by atoms with Gasteiger partial charge in [-0.3, -0.25) is 5.10 Å². The van der Waals surface area contributed by atoms with Gasteiger partial charge in [0.05, 0.1) is 6.20 Å². The monoisotopic (exact) mass is 306 g/mol. The van der Waals surface area contributed by atoms with Crippen LogP contribution in [-0.2, 0) is 13.0 Å². The van der Waals surface area contributed by atoms with Crippen molar-refractivity contribution in [2.24, 2.45) is 0 Å². The Morgan fingerprint density at radius 1 is 0.957 bits per heavy atom. The Kier molecular flexibility index (Phi) is 4.77. The average Bonchev–Trinajstić information content (AvgIpc) is 3.04. The lowest BCUT2D eigenvalue weighted by Gasteiger charge is -2.09. The van der Waals surface area contributed by atoms with Gasteiger partial charge in [0.25, 0.3) is 0 Å². The van der Waals surface area contributed by atoms with E-state index in [9.17, 15) is 0 Å². The predicted molar refractivity (Wildman–Crippen MR) is 92.7 cm³/mol. The molecule has 0 atom stereocenters. The molecule has 0 bridgehead atoms. The Bertz CT molecular complexity index is 730. The van der Waals surface area contributed by atoms with E-state index in [1.807, 2.05) is 36.5 Å². The molecule has 3 rings (SSSR count). The van der Waals surface area contributed by atoms with Crippen molar-refractivity contribution >= 4 is 0 Å². The van der Waals surface area contributed by atoms with Crippen molar-refractivity contribution in [2.75, 3.05) is 0 Å². The highest BCUT2D eigenvalue weighted by molar-refractivity contribution is 5.33. The topological polar surface area (TPSA) is 37.9 Å². The molecular formula is C20H22N2O. The van der Waals surface area contributed by atoms with Gasteiger partial charge in [0, 0.05) is 12.1 Å². The number of H-pyrrole nitrogens is 1. The van der Waals surface area contributed by atoms with Crippen LogP contribution >= 0.6 is 0 Å². The van der Waals surface area contributed by atoms with E-state index in [-0.39, 0.29) is 0 Å². The van der Waals surface area contributed by atoms with Crippen LogP contribution in [0.2, 0.25) is 0 Å². The number of ether oxygens (including phenoxy) is 1. The third-order valence-electron chi connectivity index (χ3n) is 3.89. The summed E-state index contributed by atoms with van der Waals surface area (Å²) in [6.07, 6.45) is 2.82. The van der Waals surface area contributed by atoms with Crippen LogP contribution < -0.4 is 4.74 Å². The van der Waals surface area contributed by atoms with E-state index in [0.29, 0.717) is 12.5 Å². The Labute approximate surface area is 137 Å². The molecule has 2 aromatic carbocycles. The number of hydrogen-bond donors (Lipinski definition) is 1. The first kappa shape index (κ1) is 15.3. The standard InChI is InChI=1S/C20H22N2O/c1-15(2)20-18(13-21-22-20)12-16-8-10-19(11-9-16)23-14-17-6-4-3-5-7-17/h3-11,13,15H,12,14H2,1-2H3,(H,21,22). The SMILES string of the molecule is CC(C)c1[nH]ncc1Cc1ccc(OCc2ccccc2)cc1. The molecule has 3 aromatic rings. The zero-order chi connectivity index (χ0) is 16.1. The van der Waals surface area contributed by atoms with Crippen LogP contribution in [0.3, 0.4) is 0 Å². The van der Waals surface area contributed by atoms with Gasteiger partial charge in [0.2, 0.25) is 0 Å². The summed E-state index contributed by atoms with van der Waals surface area (Å²) in [7, 11) is 0. The highest BCUT2D eigenvalue weighted by Gasteiger charge is 2.09. The van der Waals surface area contributed by atoms with Crippen molar-refractivity contribution in [2.45, 2.75) is 32.8 Å². The van der Waals surface area contributed by atoms with E-state index in [2.05, 4.69) is 48.3 Å². The lowest BCUT2D eigenvalue weighted by atomic mass is 10.0. The molecule has 1 aromatic heterocycles. The summed E-state index contributed by atoms with van der Waals surface area (Å²) >= 11 is 0. The Morgan fingerprint density at radius 3 is 2.39 bits per heavy atom. The molecule has 0 aliphatic heterocycles. The Morgan fingerprint density at radius 2 is 1.70 bits per heavy atom. The molecule has 0 spiro atoms. The summed E-state index contributed by atoms with van der Waals surface area (Å²) < 4.78 is 5.83. The number of benzene rings is 2. The van der Waals surface area contributed by atoms with E-state index in [1.54, 1.807) is 0 Å². The highest BCUT2D eigenvalue weighted by atomic mass is 16.5. The quantitative estimate of drug-likeness (QED) is 0.716. The second-order valence-corrected chi connectivity index (χ2v) is 6.06. The lowest BCUT2D eigenvalue weighted by molar-refractivity contribution is 0.306. The minimum absolute atomic E-state index is 0.459. The molecule has 3 nitrogen and oxygen atoms in total. The molecule has 0 aliphatic carbocycles. The third kappa shape index (κ3) is 4.01. The van der Waals surface area contributed by atoms with Crippen LogP contribution in [0.1, 0.15) is 42.1 Å². The van der Waals surface area contributed by atoms with Crippen molar-refractivity contribution in [3.05, 3.63) is 83.2 Å². The molecule has 118 valence electrons. The van der Waals surface area contributed by atoms with E-state index >= 15 is 0 Å². The Balaban J connectivity index is 1.62. The van der Waals surface area contributed by atoms with Gasteiger partial charge >= 0.3 is 0 Å². The molecule has 1 heterocycles. The first-order valence-electron chi connectivity index (χ1n) is 8.00. The van der Waals surface area contributed by atoms with E-state index in [4.69, 9.17) is 4.74 Å². The predicted octanol–water partition coefficient (Wildman–Crippen LogP) is 4.70. The molecule has 0 saturated heterocycles. The zero-order valence-electron chi connectivity index (χ0n) is 13.6.